The zero-order chi connectivity index (χ0) is 14.1. The molecule has 4 nitrogen and oxygen atoms in total. The zero-order valence-electron chi connectivity index (χ0n) is 11.7. The first-order chi connectivity index (χ1) is 9.63. The van der Waals surface area contributed by atoms with Crippen molar-refractivity contribution in [3.63, 3.8) is 0 Å². The number of aromatic nitrogens is 1. The normalized spacial score (nSPS) is 16.3. The van der Waals surface area contributed by atoms with Gasteiger partial charge >= 0.3 is 0 Å². The van der Waals surface area contributed by atoms with Crippen LogP contribution < -0.4 is 5.32 Å². The molecule has 1 fully saturated rings. The van der Waals surface area contributed by atoms with Crippen LogP contribution >= 0.6 is 0 Å². The van der Waals surface area contributed by atoms with Gasteiger partial charge in [-0.25, -0.2) is 0 Å². The lowest BCUT2D eigenvalue weighted by Crippen LogP contribution is -2.28. The molecule has 1 atom stereocenters. The molecule has 1 aromatic carbocycles. The second-order valence-corrected chi connectivity index (χ2v) is 5.71. The van der Waals surface area contributed by atoms with E-state index in [1.807, 2.05) is 42.1 Å². The highest BCUT2D eigenvalue weighted by Gasteiger charge is 2.24. The molecule has 0 spiro atoms. The summed E-state index contributed by atoms with van der Waals surface area (Å²) in [6, 6.07) is 7.92. The summed E-state index contributed by atoms with van der Waals surface area (Å²) in [5, 5.41) is 14.1. The number of fused-ring (bicyclic) bond motifs is 1. The van der Waals surface area contributed by atoms with E-state index in [0.29, 0.717) is 12.3 Å². The lowest BCUT2D eigenvalue weighted by atomic mass is 10.1. The van der Waals surface area contributed by atoms with E-state index in [1.54, 1.807) is 0 Å². The molecule has 1 amide bonds. The lowest BCUT2D eigenvalue weighted by Gasteiger charge is -2.12. The summed E-state index contributed by atoms with van der Waals surface area (Å²) in [7, 11) is 2.00. The molecular formula is C16H20N2O2. The first kappa shape index (κ1) is 13.2. The van der Waals surface area contributed by atoms with E-state index >= 15 is 0 Å². The molecule has 1 aliphatic carbocycles. The van der Waals surface area contributed by atoms with E-state index in [-0.39, 0.29) is 12.5 Å². The standard InChI is InChI=1S/C16H20N2O2/c1-18-7-6-12-9-13(4-5-14(12)18)15(19)10-17-16(20)8-11-2-3-11/h4-7,9,11,15,19H,2-3,8,10H2,1H3,(H,17,20)/t15-/m1/s1. The van der Waals surface area contributed by atoms with E-state index in [4.69, 9.17) is 0 Å². The SMILES string of the molecule is Cn1ccc2cc([C@H](O)CNC(=O)CC3CC3)ccc21. The zero-order valence-corrected chi connectivity index (χ0v) is 11.7. The predicted molar refractivity (Wildman–Crippen MR) is 78.2 cm³/mol. The molecule has 2 N–H and O–H groups in total. The van der Waals surface area contributed by atoms with Crippen LogP contribution in [0.5, 0.6) is 0 Å². The van der Waals surface area contributed by atoms with Crippen LogP contribution in [0, 0.1) is 5.92 Å². The van der Waals surface area contributed by atoms with Crippen molar-refractivity contribution in [2.45, 2.75) is 25.4 Å². The fraction of sp³-hybridized carbons (Fsp3) is 0.438. The van der Waals surface area contributed by atoms with Gasteiger partial charge in [-0.15, -0.1) is 0 Å². The summed E-state index contributed by atoms with van der Waals surface area (Å²) >= 11 is 0. The summed E-state index contributed by atoms with van der Waals surface area (Å²) < 4.78 is 2.04. The van der Waals surface area contributed by atoms with E-state index in [9.17, 15) is 9.90 Å². The molecule has 20 heavy (non-hydrogen) atoms. The second-order valence-electron chi connectivity index (χ2n) is 5.71. The fourth-order valence-electron chi connectivity index (χ4n) is 2.49. The number of aliphatic hydroxyl groups excluding tert-OH is 1. The van der Waals surface area contributed by atoms with Gasteiger partial charge in [-0.2, -0.15) is 0 Å². The minimum atomic E-state index is -0.650. The van der Waals surface area contributed by atoms with Crippen LogP contribution in [0.4, 0.5) is 0 Å². The third-order valence-corrected chi connectivity index (χ3v) is 3.96. The Balaban J connectivity index is 1.62. The Morgan fingerprint density at radius 1 is 1.45 bits per heavy atom. The first-order valence-corrected chi connectivity index (χ1v) is 7.13. The van der Waals surface area contributed by atoms with Crippen molar-refractivity contribution in [1.29, 1.82) is 0 Å². The third kappa shape index (κ3) is 2.85. The fourth-order valence-corrected chi connectivity index (χ4v) is 2.49. The monoisotopic (exact) mass is 272 g/mol. The van der Waals surface area contributed by atoms with Gasteiger partial charge in [0.1, 0.15) is 0 Å². The predicted octanol–water partition coefficient (Wildman–Crippen LogP) is 2.13. The second kappa shape index (κ2) is 5.29. The summed E-state index contributed by atoms with van der Waals surface area (Å²) in [4.78, 5) is 11.6. The van der Waals surface area contributed by atoms with Gasteiger partial charge in [0.05, 0.1) is 6.10 Å². The molecule has 0 aliphatic heterocycles. The highest BCUT2D eigenvalue weighted by atomic mass is 16.3. The maximum atomic E-state index is 11.6. The Morgan fingerprint density at radius 2 is 2.25 bits per heavy atom. The summed E-state index contributed by atoms with van der Waals surface area (Å²) in [6.45, 7) is 0.282. The first-order valence-electron chi connectivity index (χ1n) is 7.13. The maximum absolute atomic E-state index is 11.6. The molecule has 1 heterocycles. The number of nitrogens with zero attached hydrogens (tertiary/aromatic N) is 1. The smallest absolute Gasteiger partial charge is 0.220 e. The largest absolute Gasteiger partial charge is 0.387 e. The highest BCUT2D eigenvalue weighted by molar-refractivity contribution is 5.81. The van der Waals surface area contributed by atoms with Gasteiger partial charge in [0.2, 0.25) is 5.91 Å². The minimum Gasteiger partial charge on any atom is -0.387 e. The van der Waals surface area contributed by atoms with Crippen molar-refractivity contribution in [2.24, 2.45) is 13.0 Å². The molecular weight excluding hydrogens is 252 g/mol. The molecule has 2 aromatic rings. The Hall–Kier alpha value is -1.81. The van der Waals surface area contributed by atoms with E-state index < -0.39 is 6.10 Å². The van der Waals surface area contributed by atoms with Crippen LogP contribution in [-0.4, -0.2) is 22.1 Å². The Morgan fingerprint density at radius 3 is 3.00 bits per heavy atom. The number of aliphatic hydroxyl groups is 1. The number of benzene rings is 1. The molecule has 0 radical (unpaired) electrons. The van der Waals surface area contributed by atoms with E-state index in [2.05, 4.69) is 5.32 Å². The van der Waals surface area contributed by atoms with Crippen LogP contribution in [-0.2, 0) is 11.8 Å². The third-order valence-electron chi connectivity index (χ3n) is 3.96. The summed E-state index contributed by atoms with van der Waals surface area (Å²) in [6.07, 6.45) is 4.28. The van der Waals surface area contributed by atoms with Crippen LogP contribution in [0.1, 0.15) is 30.9 Å². The van der Waals surface area contributed by atoms with Crippen molar-refractivity contribution in [2.75, 3.05) is 6.54 Å². The highest BCUT2D eigenvalue weighted by Crippen LogP contribution is 2.32. The lowest BCUT2D eigenvalue weighted by molar-refractivity contribution is -0.121. The van der Waals surface area contributed by atoms with Gasteiger partial charge in [0, 0.05) is 31.7 Å². The van der Waals surface area contributed by atoms with Gasteiger partial charge in [-0.05, 0) is 47.9 Å². The van der Waals surface area contributed by atoms with Gasteiger partial charge in [-0.1, -0.05) is 6.07 Å². The number of aryl methyl sites for hydroxylation is 1. The molecule has 1 aliphatic rings. The molecule has 3 rings (SSSR count). The van der Waals surface area contributed by atoms with Crippen LogP contribution in [0.3, 0.4) is 0 Å². The molecule has 1 aromatic heterocycles. The van der Waals surface area contributed by atoms with Gasteiger partial charge in [-0.3, -0.25) is 4.79 Å². The van der Waals surface area contributed by atoms with Gasteiger partial charge in [0.25, 0.3) is 0 Å². The number of amides is 1. The number of nitrogens with one attached hydrogen (secondary N) is 1. The van der Waals surface area contributed by atoms with Crippen molar-refractivity contribution >= 4 is 16.8 Å². The molecule has 1 saturated carbocycles. The Labute approximate surface area is 118 Å². The quantitative estimate of drug-likeness (QED) is 0.876. The molecule has 0 unspecified atom stereocenters. The molecule has 106 valence electrons. The number of carbonyl (C=O) groups is 1. The summed E-state index contributed by atoms with van der Waals surface area (Å²) in [5.41, 5.74) is 1.98. The van der Waals surface area contributed by atoms with Crippen molar-refractivity contribution < 1.29 is 9.90 Å². The Kier molecular flexibility index (Phi) is 3.49. The van der Waals surface area contributed by atoms with Gasteiger partial charge in [0.15, 0.2) is 0 Å². The molecule has 4 heteroatoms. The van der Waals surface area contributed by atoms with Crippen LogP contribution in [0.2, 0.25) is 0 Å². The van der Waals surface area contributed by atoms with Crippen molar-refractivity contribution in [3.8, 4) is 0 Å². The summed E-state index contributed by atoms with van der Waals surface area (Å²) in [5.74, 6) is 0.625. The number of hydrogen-bond donors (Lipinski definition) is 2. The average Bonchev–Trinajstić information content (AvgIpc) is 3.18. The Bertz CT molecular complexity index is 628. The minimum absolute atomic E-state index is 0.0485. The number of hydrogen-bond acceptors (Lipinski definition) is 2. The molecule has 0 bridgehead atoms. The van der Waals surface area contributed by atoms with Crippen molar-refractivity contribution in [3.05, 3.63) is 36.0 Å². The molecule has 0 saturated heterocycles. The van der Waals surface area contributed by atoms with E-state index in [0.717, 1.165) is 16.5 Å². The van der Waals surface area contributed by atoms with Crippen LogP contribution in [0.25, 0.3) is 10.9 Å². The number of rotatable bonds is 5. The van der Waals surface area contributed by atoms with Crippen LogP contribution in [0.15, 0.2) is 30.5 Å². The van der Waals surface area contributed by atoms with E-state index in [1.165, 1.54) is 12.8 Å². The topological polar surface area (TPSA) is 54.3 Å². The van der Waals surface area contributed by atoms with Gasteiger partial charge < -0.3 is 15.0 Å². The van der Waals surface area contributed by atoms with Crippen molar-refractivity contribution in [1.82, 2.24) is 9.88 Å². The maximum Gasteiger partial charge on any atom is 0.220 e. The average molecular weight is 272 g/mol. The number of carbonyl (C=O) groups excluding carboxylic acids is 1.